The van der Waals surface area contributed by atoms with Crippen LogP contribution >= 0.6 is 12.2 Å². The summed E-state index contributed by atoms with van der Waals surface area (Å²) in [5.41, 5.74) is -1.99. The topological polar surface area (TPSA) is 142 Å². The molecule has 2 rings (SSSR count). The third kappa shape index (κ3) is 4.27. The number of carbonyl (C=O) groups is 1. The van der Waals surface area contributed by atoms with Gasteiger partial charge in [-0.05, 0) is 46.8 Å². The number of aromatic nitrogens is 2. The van der Waals surface area contributed by atoms with Crippen molar-refractivity contribution >= 4 is 35.2 Å². The van der Waals surface area contributed by atoms with Crippen LogP contribution in [0, 0.1) is 31.9 Å². The Morgan fingerprint density at radius 2 is 1.57 bits per heavy atom. The van der Waals surface area contributed by atoms with E-state index in [1.165, 1.54) is 17.6 Å². The maximum absolute atomic E-state index is 13.2. The second-order valence-electron chi connectivity index (χ2n) is 7.21. The van der Waals surface area contributed by atoms with E-state index in [9.17, 15) is 29.8 Å². The second-order valence-corrected chi connectivity index (χ2v) is 7.58. The number of nitro groups is 2. The number of aryl methyl sites for hydroxylation is 1. The van der Waals surface area contributed by atoms with Crippen LogP contribution in [0.2, 0.25) is 0 Å². The molecule has 0 aliphatic rings. The summed E-state index contributed by atoms with van der Waals surface area (Å²) in [6, 6.07) is 2.48. The molecule has 0 amide bonds. The van der Waals surface area contributed by atoms with Crippen molar-refractivity contribution in [3.8, 4) is 0 Å². The Labute approximate surface area is 176 Å². The number of hydrogen-bond donors (Lipinski definition) is 1. The van der Waals surface area contributed by atoms with Crippen LogP contribution in [0.1, 0.15) is 49.8 Å². The first kappa shape index (κ1) is 22.9. The summed E-state index contributed by atoms with van der Waals surface area (Å²) in [5.74, 6) is -0.811. The molecule has 12 heteroatoms. The van der Waals surface area contributed by atoms with Crippen molar-refractivity contribution in [2.24, 2.45) is 0 Å². The van der Waals surface area contributed by atoms with E-state index in [1.54, 1.807) is 27.7 Å². The van der Waals surface area contributed by atoms with Crippen LogP contribution in [0.25, 0.3) is 0 Å². The summed E-state index contributed by atoms with van der Waals surface area (Å²) in [6.45, 7) is 8.25. The molecule has 160 valence electrons. The molecule has 1 heterocycles. The van der Waals surface area contributed by atoms with Gasteiger partial charge in [-0.3, -0.25) is 39.0 Å². The molecule has 11 nitrogen and oxygen atoms in total. The molecular weight excluding hydrogens is 414 g/mol. The zero-order chi connectivity index (χ0) is 22.9. The summed E-state index contributed by atoms with van der Waals surface area (Å²) in [7, 11) is 0. The molecule has 30 heavy (non-hydrogen) atoms. The van der Waals surface area contributed by atoms with Crippen molar-refractivity contribution in [3.05, 3.63) is 64.8 Å². The Balaban J connectivity index is 2.83. The lowest BCUT2D eigenvalue weighted by Crippen LogP contribution is -2.30. The van der Waals surface area contributed by atoms with Gasteiger partial charge in [0.05, 0.1) is 15.4 Å². The van der Waals surface area contributed by atoms with Crippen molar-refractivity contribution < 1.29 is 14.6 Å². The monoisotopic (exact) mass is 435 g/mol. The Morgan fingerprint density at radius 1 is 1.07 bits per heavy atom. The minimum absolute atomic E-state index is 0.102. The lowest BCUT2D eigenvalue weighted by atomic mass is 10.1. The van der Waals surface area contributed by atoms with Crippen LogP contribution in [0.4, 0.5) is 17.1 Å². The molecule has 0 saturated heterocycles. The number of benzene rings is 1. The highest BCUT2D eigenvalue weighted by Gasteiger charge is 2.30. The number of nitrogens with zero attached hydrogens (tertiary/aromatic N) is 4. The van der Waals surface area contributed by atoms with E-state index in [0.717, 1.165) is 16.7 Å². The number of carbonyl (C=O) groups excluding carboxylic acids is 1. The average Bonchev–Trinajstić information content (AvgIpc) is 2.59. The maximum atomic E-state index is 13.2. The predicted molar refractivity (Wildman–Crippen MR) is 113 cm³/mol. The molecule has 0 fully saturated rings. The Hall–Kier alpha value is -3.41. The first-order valence-corrected chi connectivity index (χ1v) is 9.40. The van der Waals surface area contributed by atoms with Gasteiger partial charge in [-0.15, -0.1) is 0 Å². The van der Waals surface area contributed by atoms with Gasteiger partial charge in [-0.25, -0.2) is 0 Å². The van der Waals surface area contributed by atoms with Gasteiger partial charge in [0.1, 0.15) is 0 Å². The van der Waals surface area contributed by atoms with Gasteiger partial charge in [0.15, 0.2) is 10.5 Å². The summed E-state index contributed by atoms with van der Waals surface area (Å²) < 4.78 is 2.15. The molecule has 0 bridgehead atoms. The minimum atomic E-state index is -0.811. The predicted octanol–water partition coefficient (Wildman–Crippen LogP) is 3.59. The molecule has 0 unspecified atom stereocenters. The largest absolute Gasteiger partial charge is 0.372 e. The van der Waals surface area contributed by atoms with Crippen molar-refractivity contribution in [2.45, 2.75) is 46.7 Å². The number of anilines is 1. The van der Waals surface area contributed by atoms with Crippen molar-refractivity contribution in [1.82, 2.24) is 9.13 Å². The Bertz CT molecular complexity index is 1130. The van der Waals surface area contributed by atoms with Crippen molar-refractivity contribution in [2.75, 3.05) is 5.32 Å². The molecule has 0 aliphatic heterocycles. The van der Waals surface area contributed by atoms with Crippen LogP contribution in [0.3, 0.4) is 0 Å². The van der Waals surface area contributed by atoms with E-state index in [0.29, 0.717) is 0 Å². The number of nitrogens with one attached hydrogen (secondary N) is 1. The van der Waals surface area contributed by atoms with Crippen molar-refractivity contribution in [1.29, 1.82) is 0 Å². The smallest absolute Gasteiger partial charge is 0.300 e. The molecule has 0 radical (unpaired) electrons. The zero-order valence-electron chi connectivity index (χ0n) is 17.0. The molecule has 0 atom stereocenters. The Morgan fingerprint density at radius 3 is 1.97 bits per heavy atom. The van der Waals surface area contributed by atoms with Gasteiger partial charge in [0.2, 0.25) is 0 Å². The first-order valence-electron chi connectivity index (χ1n) is 9.00. The van der Waals surface area contributed by atoms with Gasteiger partial charge in [0, 0.05) is 36.0 Å². The van der Waals surface area contributed by atoms with Crippen LogP contribution in [-0.4, -0.2) is 30.9 Å². The lowest BCUT2D eigenvalue weighted by molar-refractivity contribution is -0.392. The maximum Gasteiger partial charge on any atom is 0.300 e. The van der Waals surface area contributed by atoms with E-state index in [2.05, 4.69) is 5.32 Å². The van der Waals surface area contributed by atoms with E-state index in [-0.39, 0.29) is 33.8 Å². The quantitative estimate of drug-likeness (QED) is 0.412. The van der Waals surface area contributed by atoms with Crippen LogP contribution in [0.15, 0.2) is 23.0 Å². The highest BCUT2D eigenvalue weighted by atomic mass is 32.1. The van der Waals surface area contributed by atoms with Crippen LogP contribution in [0.5, 0.6) is 0 Å². The molecule has 0 spiro atoms. The second kappa shape index (κ2) is 8.53. The Kier molecular flexibility index (Phi) is 6.50. The van der Waals surface area contributed by atoms with Gasteiger partial charge in [-0.1, -0.05) is 0 Å². The summed E-state index contributed by atoms with van der Waals surface area (Å²) in [5, 5.41) is 25.8. The lowest BCUT2D eigenvalue weighted by Gasteiger charge is -2.17. The highest BCUT2D eigenvalue weighted by Crippen LogP contribution is 2.36. The van der Waals surface area contributed by atoms with Gasteiger partial charge >= 0.3 is 0 Å². The first-order chi connectivity index (χ1) is 13.9. The van der Waals surface area contributed by atoms with E-state index in [4.69, 9.17) is 12.2 Å². The zero-order valence-corrected chi connectivity index (χ0v) is 17.8. The van der Waals surface area contributed by atoms with E-state index in [1.807, 2.05) is 0 Å². The van der Waals surface area contributed by atoms with Crippen LogP contribution < -0.4 is 10.9 Å². The fourth-order valence-corrected chi connectivity index (χ4v) is 3.50. The fraction of sp³-hybridized carbons (Fsp3) is 0.389. The average molecular weight is 435 g/mol. The third-order valence-electron chi connectivity index (χ3n) is 4.21. The highest BCUT2D eigenvalue weighted by molar-refractivity contribution is 7.71. The molecule has 1 aromatic heterocycles. The van der Waals surface area contributed by atoms with Crippen molar-refractivity contribution in [3.63, 3.8) is 0 Å². The standard InChI is InChI=1S/C18H21N5O6S/c1-9(2)19-16-13(22(26)27)7-12(8-14(16)23(28)29)17(25)21-11(5)6-15(24)20(10(3)4)18(21)30/h6-10,19H,1-5H3. The van der Waals surface area contributed by atoms with Gasteiger partial charge in [-0.2, -0.15) is 0 Å². The number of hydrogen-bond acceptors (Lipinski definition) is 8. The molecule has 0 saturated carbocycles. The number of nitro benzene ring substituents is 2. The SMILES string of the molecule is Cc1cc(=O)n(C(C)C)c(=S)n1C(=O)c1cc([N+](=O)[O-])c(NC(C)C)c([N+](=O)[O-])c1. The van der Waals surface area contributed by atoms with Gasteiger partial charge < -0.3 is 5.32 Å². The van der Waals surface area contributed by atoms with Crippen LogP contribution in [-0.2, 0) is 0 Å². The number of rotatable bonds is 6. The van der Waals surface area contributed by atoms with E-state index >= 15 is 0 Å². The van der Waals surface area contributed by atoms with E-state index < -0.39 is 32.7 Å². The summed E-state index contributed by atoms with van der Waals surface area (Å²) in [4.78, 5) is 47.0. The third-order valence-corrected chi connectivity index (χ3v) is 4.59. The fourth-order valence-electron chi connectivity index (χ4n) is 2.98. The summed E-state index contributed by atoms with van der Waals surface area (Å²) >= 11 is 5.30. The molecular formula is C18H21N5O6S. The molecule has 1 aromatic carbocycles. The molecule has 0 aliphatic carbocycles. The normalized spacial score (nSPS) is 11.0. The molecule has 1 N–H and O–H groups in total. The molecule has 2 aromatic rings. The summed E-state index contributed by atoms with van der Waals surface area (Å²) in [6.07, 6.45) is 0. The minimum Gasteiger partial charge on any atom is -0.372 e. The van der Waals surface area contributed by atoms with Gasteiger partial charge in [0.25, 0.3) is 22.8 Å².